The van der Waals surface area contributed by atoms with E-state index in [-0.39, 0.29) is 0 Å². The monoisotopic (exact) mass is 458 g/mol. The van der Waals surface area contributed by atoms with Crippen LogP contribution in [0.2, 0.25) is 36.3 Å². The van der Waals surface area contributed by atoms with Gasteiger partial charge in [-0.1, -0.05) is 106 Å². The van der Waals surface area contributed by atoms with Crippen LogP contribution in [-0.4, -0.2) is 29.8 Å². The lowest BCUT2D eigenvalue weighted by molar-refractivity contribution is 0.289. The third-order valence-electron chi connectivity index (χ3n) is 6.68. The van der Waals surface area contributed by atoms with E-state index >= 15 is 0 Å². The van der Waals surface area contributed by atoms with Gasteiger partial charge in [-0.25, -0.2) is 0 Å². The zero-order valence-electron chi connectivity index (χ0n) is 22.0. The van der Waals surface area contributed by atoms with Gasteiger partial charge in [0.1, 0.15) is 0 Å². The molecule has 4 heteroatoms. The maximum Gasteiger partial charge on any atom is 0.192 e. The third kappa shape index (κ3) is 13.7. The van der Waals surface area contributed by atoms with Gasteiger partial charge in [-0.15, -0.1) is 0 Å². The van der Waals surface area contributed by atoms with E-state index in [0.717, 1.165) is 13.2 Å². The summed E-state index contributed by atoms with van der Waals surface area (Å²) in [7, 11) is -3.11. The molecule has 0 bridgehead atoms. The predicted molar refractivity (Wildman–Crippen MR) is 142 cm³/mol. The molecule has 30 heavy (non-hydrogen) atoms. The summed E-state index contributed by atoms with van der Waals surface area (Å²) in [4.78, 5) is 0. The first-order chi connectivity index (χ1) is 14.6. The van der Waals surface area contributed by atoms with Gasteiger partial charge in [-0.3, -0.25) is 0 Å². The molecule has 0 N–H and O–H groups in total. The Labute approximate surface area is 193 Å². The van der Waals surface area contributed by atoms with Crippen LogP contribution in [-0.2, 0) is 8.85 Å². The van der Waals surface area contributed by atoms with E-state index < -0.39 is 16.6 Å². The van der Waals surface area contributed by atoms with Crippen LogP contribution in [0.4, 0.5) is 0 Å². The van der Waals surface area contributed by atoms with E-state index in [0.29, 0.717) is 0 Å². The van der Waals surface area contributed by atoms with Crippen LogP contribution >= 0.6 is 0 Å². The Morgan fingerprint density at radius 1 is 0.367 bits per heavy atom. The van der Waals surface area contributed by atoms with E-state index in [2.05, 4.69) is 41.5 Å². The Morgan fingerprint density at radius 2 is 0.633 bits per heavy atom. The molecule has 182 valence electrons. The Hall–Kier alpha value is 0.354. The lowest BCUT2D eigenvalue weighted by Gasteiger charge is -2.34. The molecule has 0 rings (SSSR count). The second-order valence-corrected chi connectivity index (χ2v) is 18.0. The van der Waals surface area contributed by atoms with Crippen molar-refractivity contribution in [3.05, 3.63) is 0 Å². The highest BCUT2D eigenvalue weighted by Gasteiger charge is 2.35. The average molecular weight is 459 g/mol. The zero-order valence-corrected chi connectivity index (χ0v) is 24.0. The lowest BCUT2D eigenvalue weighted by atomic mass is 10.4. The fourth-order valence-electron chi connectivity index (χ4n) is 4.71. The second kappa shape index (κ2) is 20.0. The summed E-state index contributed by atoms with van der Waals surface area (Å²) in [5.74, 6) is 0. The lowest BCUT2D eigenvalue weighted by Crippen LogP contribution is -2.40. The molecule has 0 aromatic heterocycles. The van der Waals surface area contributed by atoms with Gasteiger partial charge >= 0.3 is 0 Å². The number of rotatable bonds is 23. The molecule has 0 spiro atoms. The van der Waals surface area contributed by atoms with Crippen molar-refractivity contribution in [1.29, 1.82) is 0 Å². The van der Waals surface area contributed by atoms with Crippen molar-refractivity contribution in [1.82, 2.24) is 0 Å². The van der Waals surface area contributed by atoms with Gasteiger partial charge in [0.15, 0.2) is 16.6 Å². The molecule has 0 saturated carbocycles. The normalized spacial score (nSPS) is 12.6. The average Bonchev–Trinajstić information content (AvgIpc) is 2.77. The van der Waals surface area contributed by atoms with Crippen LogP contribution < -0.4 is 0 Å². The van der Waals surface area contributed by atoms with Crippen molar-refractivity contribution in [2.24, 2.45) is 0 Å². The molecule has 0 aliphatic carbocycles. The summed E-state index contributed by atoms with van der Waals surface area (Å²) in [6, 6.07) is 8.36. The van der Waals surface area contributed by atoms with Crippen LogP contribution in [0.5, 0.6) is 0 Å². The SMILES string of the molecule is CCCC[Si](CCCC)(CCCC[Si](CCCC)(CCCC)OCCC)OCCC. The van der Waals surface area contributed by atoms with Gasteiger partial charge in [-0.2, -0.15) is 0 Å². The molecule has 0 amide bonds. The van der Waals surface area contributed by atoms with Gasteiger partial charge in [0.05, 0.1) is 0 Å². The highest BCUT2D eigenvalue weighted by Crippen LogP contribution is 2.33. The van der Waals surface area contributed by atoms with Crippen molar-refractivity contribution in [3.63, 3.8) is 0 Å². The van der Waals surface area contributed by atoms with Crippen molar-refractivity contribution in [2.75, 3.05) is 13.2 Å². The second-order valence-electron chi connectivity index (χ2n) is 9.68. The van der Waals surface area contributed by atoms with E-state index in [1.165, 1.54) is 113 Å². The maximum atomic E-state index is 6.73. The van der Waals surface area contributed by atoms with Crippen LogP contribution in [0.25, 0.3) is 0 Å². The molecule has 0 radical (unpaired) electrons. The smallest absolute Gasteiger partial charge is 0.192 e. The summed E-state index contributed by atoms with van der Waals surface area (Å²) in [6.07, 6.45) is 15.8. The van der Waals surface area contributed by atoms with Crippen molar-refractivity contribution in [3.8, 4) is 0 Å². The molecule has 2 nitrogen and oxygen atoms in total. The molecule has 0 saturated heterocycles. The molecular weight excluding hydrogens is 400 g/mol. The fraction of sp³-hybridized carbons (Fsp3) is 1.00. The third-order valence-corrected chi connectivity index (χ3v) is 15.9. The Kier molecular flexibility index (Phi) is 20.2. The van der Waals surface area contributed by atoms with E-state index in [4.69, 9.17) is 8.85 Å². The summed E-state index contributed by atoms with van der Waals surface area (Å²) in [5.41, 5.74) is 0. The molecule has 0 aromatic rings. The minimum Gasteiger partial charge on any atom is -0.417 e. The largest absolute Gasteiger partial charge is 0.417 e. The molecule has 0 fully saturated rings. The Bertz CT molecular complexity index is 285. The maximum absolute atomic E-state index is 6.73. The molecule has 0 aliphatic heterocycles. The quantitative estimate of drug-likeness (QED) is 0.112. The molecule has 0 aromatic carbocycles. The molecule has 0 atom stereocenters. The molecule has 0 heterocycles. The van der Waals surface area contributed by atoms with E-state index in [9.17, 15) is 0 Å². The van der Waals surface area contributed by atoms with Crippen molar-refractivity contribution in [2.45, 2.75) is 155 Å². The first kappa shape index (κ1) is 30.4. The fourth-order valence-corrected chi connectivity index (χ4v) is 14.1. The topological polar surface area (TPSA) is 18.5 Å². The van der Waals surface area contributed by atoms with Crippen LogP contribution in [0.15, 0.2) is 0 Å². The van der Waals surface area contributed by atoms with Gasteiger partial charge in [-0.05, 0) is 49.1 Å². The minimum atomic E-state index is -1.56. The Morgan fingerprint density at radius 3 is 0.867 bits per heavy atom. The highest BCUT2D eigenvalue weighted by molar-refractivity contribution is 6.74. The first-order valence-electron chi connectivity index (χ1n) is 13.8. The summed E-state index contributed by atoms with van der Waals surface area (Å²) >= 11 is 0. The standard InChI is InChI=1S/C26H58O2Si2/c1-7-13-21-29(22-14-8-2,27-19-11-5)25-17-18-26-30(23-15-9-3,24-16-10-4)28-20-12-6/h7-26H2,1-6H3. The van der Waals surface area contributed by atoms with Crippen LogP contribution in [0.3, 0.4) is 0 Å². The number of hydrogen-bond acceptors (Lipinski definition) is 2. The highest BCUT2D eigenvalue weighted by atomic mass is 28.4. The number of unbranched alkanes of at least 4 members (excludes halogenated alkanes) is 5. The number of hydrogen-bond donors (Lipinski definition) is 0. The minimum absolute atomic E-state index is 0.991. The predicted octanol–water partition coefficient (Wildman–Crippen LogP) is 9.71. The summed E-state index contributed by atoms with van der Waals surface area (Å²) in [6.45, 7) is 15.9. The zero-order chi connectivity index (χ0) is 22.6. The van der Waals surface area contributed by atoms with Gasteiger partial charge in [0.2, 0.25) is 0 Å². The van der Waals surface area contributed by atoms with Gasteiger partial charge in [0.25, 0.3) is 0 Å². The Balaban J connectivity index is 5.02. The van der Waals surface area contributed by atoms with Crippen molar-refractivity contribution >= 4 is 16.6 Å². The summed E-state index contributed by atoms with van der Waals surface area (Å²) < 4.78 is 13.5. The summed E-state index contributed by atoms with van der Waals surface area (Å²) in [5, 5.41) is 0. The first-order valence-corrected chi connectivity index (χ1v) is 18.9. The van der Waals surface area contributed by atoms with Gasteiger partial charge < -0.3 is 8.85 Å². The molecule has 0 aliphatic rings. The molecule has 0 unspecified atom stereocenters. The van der Waals surface area contributed by atoms with Crippen molar-refractivity contribution < 1.29 is 8.85 Å². The molecular formula is C26H58O2Si2. The van der Waals surface area contributed by atoms with E-state index in [1.807, 2.05) is 0 Å². The van der Waals surface area contributed by atoms with Crippen LogP contribution in [0.1, 0.15) is 119 Å². The van der Waals surface area contributed by atoms with E-state index in [1.54, 1.807) is 0 Å². The van der Waals surface area contributed by atoms with Gasteiger partial charge in [0, 0.05) is 13.2 Å². The van der Waals surface area contributed by atoms with Crippen LogP contribution in [0, 0.1) is 0 Å².